The SMILES string of the molecule is O=C(O)CN(Cc1cc(F)cc(F)c1)C(=O)c1ccc(OCc2ccccc2F)cc1. The van der Waals surface area contributed by atoms with E-state index in [1.807, 2.05) is 0 Å². The van der Waals surface area contributed by atoms with E-state index in [1.54, 1.807) is 18.2 Å². The molecule has 0 atom stereocenters. The lowest BCUT2D eigenvalue weighted by molar-refractivity contribution is -0.137. The number of amides is 1. The number of hydrogen-bond donors (Lipinski definition) is 1. The second-order valence-electron chi connectivity index (χ2n) is 6.74. The van der Waals surface area contributed by atoms with E-state index in [4.69, 9.17) is 9.84 Å². The van der Waals surface area contributed by atoms with Gasteiger partial charge in [0.2, 0.25) is 0 Å². The van der Waals surface area contributed by atoms with E-state index in [9.17, 15) is 22.8 Å². The van der Waals surface area contributed by atoms with Crippen molar-refractivity contribution in [2.45, 2.75) is 13.2 Å². The standard InChI is InChI=1S/C23H18F3NO4/c24-18-9-15(10-19(25)11-18)12-27(13-22(28)29)23(30)16-5-7-20(8-6-16)31-14-17-3-1-2-4-21(17)26/h1-11H,12-14H2,(H,28,29). The Morgan fingerprint density at radius 3 is 2.16 bits per heavy atom. The predicted octanol–water partition coefficient (Wildman–Crippen LogP) is 4.41. The van der Waals surface area contributed by atoms with Gasteiger partial charge in [0.1, 0.15) is 36.4 Å². The van der Waals surface area contributed by atoms with Crippen molar-refractivity contribution in [3.8, 4) is 5.75 Å². The number of carbonyl (C=O) groups excluding carboxylic acids is 1. The molecule has 5 nitrogen and oxygen atoms in total. The lowest BCUT2D eigenvalue weighted by atomic mass is 10.1. The van der Waals surface area contributed by atoms with E-state index in [1.165, 1.54) is 30.3 Å². The third-order valence-electron chi connectivity index (χ3n) is 4.36. The van der Waals surface area contributed by atoms with Crippen molar-refractivity contribution >= 4 is 11.9 Å². The fourth-order valence-corrected chi connectivity index (χ4v) is 2.94. The zero-order valence-corrected chi connectivity index (χ0v) is 16.2. The highest BCUT2D eigenvalue weighted by molar-refractivity contribution is 5.95. The molecule has 0 bridgehead atoms. The number of carboxylic acid groups (broad SMARTS) is 1. The van der Waals surface area contributed by atoms with Crippen LogP contribution in [0.25, 0.3) is 0 Å². The first-order valence-corrected chi connectivity index (χ1v) is 9.24. The van der Waals surface area contributed by atoms with Crippen molar-refractivity contribution in [3.63, 3.8) is 0 Å². The van der Waals surface area contributed by atoms with Gasteiger partial charge in [0, 0.05) is 23.7 Å². The average Bonchev–Trinajstić information content (AvgIpc) is 2.71. The van der Waals surface area contributed by atoms with Crippen LogP contribution < -0.4 is 4.74 Å². The highest BCUT2D eigenvalue weighted by Crippen LogP contribution is 2.18. The number of benzene rings is 3. The summed E-state index contributed by atoms with van der Waals surface area (Å²) in [5.74, 6) is -3.56. The molecule has 0 saturated carbocycles. The van der Waals surface area contributed by atoms with E-state index < -0.39 is 35.9 Å². The summed E-state index contributed by atoms with van der Waals surface area (Å²) < 4.78 is 46.0. The molecule has 8 heteroatoms. The maximum Gasteiger partial charge on any atom is 0.323 e. The van der Waals surface area contributed by atoms with Crippen LogP contribution in [0.4, 0.5) is 13.2 Å². The molecule has 31 heavy (non-hydrogen) atoms. The van der Waals surface area contributed by atoms with Gasteiger partial charge >= 0.3 is 5.97 Å². The minimum Gasteiger partial charge on any atom is -0.489 e. The Labute approximate surface area is 176 Å². The molecule has 0 saturated heterocycles. The van der Waals surface area contributed by atoms with Crippen LogP contribution in [0.2, 0.25) is 0 Å². The summed E-state index contributed by atoms with van der Waals surface area (Å²) in [5, 5.41) is 9.12. The molecular formula is C23H18F3NO4. The van der Waals surface area contributed by atoms with E-state index in [0.717, 1.165) is 17.0 Å². The van der Waals surface area contributed by atoms with Gasteiger partial charge in [0.25, 0.3) is 5.91 Å². The van der Waals surface area contributed by atoms with Crippen LogP contribution >= 0.6 is 0 Å². The molecule has 3 rings (SSSR count). The Balaban J connectivity index is 1.71. The molecule has 0 spiro atoms. The third-order valence-corrected chi connectivity index (χ3v) is 4.36. The fourth-order valence-electron chi connectivity index (χ4n) is 2.94. The van der Waals surface area contributed by atoms with Crippen LogP contribution in [0.3, 0.4) is 0 Å². The van der Waals surface area contributed by atoms with Crippen molar-refractivity contribution in [1.29, 1.82) is 0 Å². The second-order valence-corrected chi connectivity index (χ2v) is 6.74. The van der Waals surface area contributed by atoms with Gasteiger partial charge in [-0.1, -0.05) is 18.2 Å². The van der Waals surface area contributed by atoms with Crippen molar-refractivity contribution in [2.24, 2.45) is 0 Å². The van der Waals surface area contributed by atoms with Crippen molar-refractivity contribution < 1.29 is 32.6 Å². The van der Waals surface area contributed by atoms with Gasteiger partial charge in [0.15, 0.2) is 0 Å². The largest absolute Gasteiger partial charge is 0.489 e. The molecule has 3 aromatic carbocycles. The molecule has 1 N–H and O–H groups in total. The van der Waals surface area contributed by atoms with E-state index >= 15 is 0 Å². The number of halogens is 3. The molecule has 0 heterocycles. The minimum absolute atomic E-state index is 0.00373. The normalized spacial score (nSPS) is 10.5. The lowest BCUT2D eigenvalue weighted by Crippen LogP contribution is -2.35. The number of rotatable bonds is 8. The van der Waals surface area contributed by atoms with Crippen molar-refractivity contribution in [2.75, 3.05) is 6.54 Å². The Morgan fingerprint density at radius 1 is 0.903 bits per heavy atom. The first-order chi connectivity index (χ1) is 14.8. The van der Waals surface area contributed by atoms with E-state index in [2.05, 4.69) is 0 Å². The molecule has 0 fully saturated rings. The first kappa shape index (κ1) is 21.9. The molecule has 0 aliphatic rings. The molecule has 160 valence electrons. The van der Waals surface area contributed by atoms with Crippen LogP contribution in [-0.2, 0) is 17.9 Å². The number of aliphatic carboxylic acids is 1. The molecule has 0 unspecified atom stereocenters. The number of nitrogens with zero attached hydrogens (tertiary/aromatic N) is 1. The zero-order chi connectivity index (χ0) is 22.4. The monoisotopic (exact) mass is 429 g/mol. The third kappa shape index (κ3) is 6.08. The first-order valence-electron chi connectivity index (χ1n) is 9.24. The Kier molecular flexibility index (Phi) is 6.92. The topological polar surface area (TPSA) is 66.8 Å². The summed E-state index contributed by atoms with van der Waals surface area (Å²) in [5.41, 5.74) is 0.658. The second kappa shape index (κ2) is 9.80. The molecule has 0 aliphatic heterocycles. The summed E-state index contributed by atoms with van der Waals surface area (Å²) in [6, 6.07) is 14.8. The summed E-state index contributed by atoms with van der Waals surface area (Å²) in [7, 11) is 0. The molecular weight excluding hydrogens is 411 g/mol. The summed E-state index contributed by atoms with van der Waals surface area (Å²) in [4.78, 5) is 24.9. The van der Waals surface area contributed by atoms with Crippen LogP contribution in [0.5, 0.6) is 5.75 Å². The maximum absolute atomic E-state index is 13.7. The zero-order valence-electron chi connectivity index (χ0n) is 16.2. The Bertz CT molecular complexity index is 1070. The smallest absolute Gasteiger partial charge is 0.323 e. The van der Waals surface area contributed by atoms with Crippen molar-refractivity contribution in [3.05, 3.63) is 101 Å². The van der Waals surface area contributed by atoms with Crippen LogP contribution in [0.15, 0.2) is 66.7 Å². The van der Waals surface area contributed by atoms with E-state index in [0.29, 0.717) is 17.4 Å². The lowest BCUT2D eigenvalue weighted by Gasteiger charge is -2.21. The minimum atomic E-state index is -1.27. The van der Waals surface area contributed by atoms with Crippen LogP contribution in [0.1, 0.15) is 21.5 Å². The van der Waals surface area contributed by atoms with Gasteiger partial charge in [-0.2, -0.15) is 0 Å². The molecule has 0 aliphatic carbocycles. The fraction of sp³-hybridized carbons (Fsp3) is 0.130. The summed E-state index contributed by atoms with van der Waals surface area (Å²) in [6.07, 6.45) is 0. The maximum atomic E-state index is 13.7. The average molecular weight is 429 g/mol. The van der Waals surface area contributed by atoms with Crippen molar-refractivity contribution in [1.82, 2.24) is 4.90 Å². The Morgan fingerprint density at radius 2 is 1.55 bits per heavy atom. The van der Waals surface area contributed by atoms with Crippen LogP contribution in [0, 0.1) is 17.5 Å². The van der Waals surface area contributed by atoms with Gasteiger partial charge in [-0.3, -0.25) is 9.59 Å². The van der Waals surface area contributed by atoms with Gasteiger partial charge in [-0.05, 0) is 48.0 Å². The molecule has 1 amide bonds. The van der Waals surface area contributed by atoms with Gasteiger partial charge < -0.3 is 14.7 Å². The molecule has 3 aromatic rings. The number of ether oxygens (including phenoxy) is 1. The highest BCUT2D eigenvalue weighted by Gasteiger charge is 2.20. The highest BCUT2D eigenvalue weighted by atomic mass is 19.1. The quantitative estimate of drug-likeness (QED) is 0.576. The summed E-state index contributed by atoms with van der Waals surface area (Å²) in [6.45, 7) is -0.940. The van der Waals surface area contributed by atoms with Gasteiger partial charge in [-0.25, -0.2) is 13.2 Å². The predicted molar refractivity (Wildman–Crippen MR) is 106 cm³/mol. The Hall–Kier alpha value is -3.81. The molecule has 0 aromatic heterocycles. The van der Waals surface area contributed by atoms with Gasteiger partial charge in [0.05, 0.1) is 0 Å². The van der Waals surface area contributed by atoms with Crippen LogP contribution in [-0.4, -0.2) is 28.4 Å². The van der Waals surface area contributed by atoms with E-state index in [-0.39, 0.29) is 24.3 Å². The van der Waals surface area contributed by atoms with Gasteiger partial charge in [-0.15, -0.1) is 0 Å². The number of hydrogen-bond acceptors (Lipinski definition) is 3. The number of carbonyl (C=O) groups is 2. The molecule has 0 radical (unpaired) electrons. The number of carboxylic acids is 1. The summed E-state index contributed by atoms with van der Waals surface area (Å²) >= 11 is 0.